The van der Waals surface area contributed by atoms with Crippen LogP contribution in [0.2, 0.25) is 0 Å². The smallest absolute Gasteiger partial charge is 0.307 e. The second kappa shape index (κ2) is 6.59. The monoisotopic (exact) mass is 356 g/mol. The van der Waals surface area contributed by atoms with Crippen molar-refractivity contribution in [3.8, 4) is 0 Å². The maximum atomic E-state index is 12.7. The second-order valence-electron chi connectivity index (χ2n) is 8.11. The van der Waals surface area contributed by atoms with Gasteiger partial charge >= 0.3 is 5.97 Å². The number of carboxylic acid groups (broad SMARTS) is 1. The average molecular weight is 356 g/mol. The first-order valence-corrected chi connectivity index (χ1v) is 8.80. The first-order valence-electron chi connectivity index (χ1n) is 8.80. The van der Waals surface area contributed by atoms with Crippen molar-refractivity contribution in [2.75, 3.05) is 5.32 Å². The van der Waals surface area contributed by atoms with Gasteiger partial charge in [0.05, 0.1) is 11.8 Å². The number of hydrogen-bond donors (Lipinski definition) is 3. The molecule has 0 aliphatic heterocycles. The van der Waals surface area contributed by atoms with Crippen LogP contribution in [0, 0.1) is 23.7 Å². The summed E-state index contributed by atoms with van der Waals surface area (Å²) in [4.78, 5) is 36.6. The largest absolute Gasteiger partial charge is 0.481 e. The zero-order valence-corrected chi connectivity index (χ0v) is 15.2. The lowest BCUT2D eigenvalue weighted by molar-refractivity contribution is -0.146. The van der Waals surface area contributed by atoms with E-state index < -0.39 is 17.8 Å². The number of carboxylic acids is 1. The molecule has 0 saturated heterocycles. The summed E-state index contributed by atoms with van der Waals surface area (Å²) in [5, 5.41) is 15.2. The Morgan fingerprint density at radius 2 is 1.73 bits per heavy atom. The van der Waals surface area contributed by atoms with Gasteiger partial charge in [-0.2, -0.15) is 0 Å². The van der Waals surface area contributed by atoms with Crippen LogP contribution < -0.4 is 10.6 Å². The molecule has 0 unspecified atom stereocenters. The Kier molecular flexibility index (Phi) is 4.61. The molecule has 6 nitrogen and oxygen atoms in total. The second-order valence-corrected chi connectivity index (χ2v) is 8.11. The normalized spacial score (nSPS) is 26.6. The zero-order valence-electron chi connectivity index (χ0n) is 15.2. The molecule has 3 rings (SSSR count). The van der Waals surface area contributed by atoms with Gasteiger partial charge in [0.2, 0.25) is 5.91 Å². The number of nitrogens with one attached hydrogen (secondary N) is 2. The predicted octanol–water partition coefficient (Wildman–Crippen LogP) is 2.68. The van der Waals surface area contributed by atoms with Crippen LogP contribution in [0.25, 0.3) is 0 Å². The molecular weight excluding hydrogens is 332 g/mol. The molecule has 1 aromatic rings. The zero-order chi connectivity index (χ0) is 19.1. The fourth-order valence-electron chi connectivity index (χ4n) is 3.89. The third-order valence-corrected chi connectivity index (χ3v) is 4.93. The Hall–Kier alpha value is -2.63. The number of benzene rings is 1. The fraction of sp³-hybridized carbons (Fsp3) is 0.450. The van der Waals surface area contributed by atoms with Crippen molar-refractivity contribution in [1.82, 2.24) is 5.32 Å². The molecule has 2 aliphatic rings. The first kappa shape index (κ1) is 18.2. The summed E-state index contributed by atoms with van der Waals surface area (Å²) < 4.78 is 0. The number of aliphatic carboxylic acids is 1. The lowest BCUT2D eigenvalue weighted by Crippen LogP contribution is -2.40. The Labute approximate surface area is 152 Å². The summed E-state index contributed by atoms with van der Waals surface area (Å²) in [6.07, 6.45) is 4.56. The lowest BCUT2D eigenvalue weighted by Gasteiger charge is -2.24. The van der Waals surface area contributed by atoms with Crippen LogP contribution in [0.5, 0.6) is 0 Å². The van der Waals surface area contributed by atoms with Crippen molar-refractivity contribution < 1.29 is 19.5 Å². The van der Waals surface area contributed by atoms with Crippen LogP contribution in [0.1, 0.15) is 37.6 Å². The Morgan fingerprint density at radius 1 is 1.08 bits per heavy atom. The average Bonchev–Trinajstić information content (AvgIpc) is 3.14. The van der Waals surface area contributed by atoms with E-state index in [4.69, 9.17) is 0 Å². The highest BCUT2D eigenvalue weighted by molar-refractivity contribution is 5.99. The third kappa shape index (κ3) is 3.64. The molecule has 1 saturated carbocycles. The minimum absolute atomic E-state index is 0.0338. The Bertz CT molecular complexity index is 778. The number of hydrogen-bond acceptors (Lipinski definition) is 3. The highest BCUT2D eigenvalue weighted by Crippen LogP contribution is 2.48. The van der Waals surface area contributed by atoms with E-state index in [1.54, 1.807) is 24.3 Å². The summed E-state index contributed by atoms with van der Waals surface area (Å²) in [7, 11) is 0. The predicted molar refractivity (Wildman–Crippen MR) is 97.6 cm³/mol. The van der Waals surface area contributed by atoms with Gasteiger partial charge in [0, 0.05) is 16.8 Å². The van der Waals surface area contributed by atoms with Crippen molar-refractivity contribution >= 4 is 23.5 Å². The van der Waals surface area contributed by atoms with Crippen LogP contribution in [0.3, 0.4) is 0 Å². The summed E-state index contributed by atoms with van der Waals surface area (Å²) in [6.45, 7) is 5.68. The van der Waals surface area contributed by atoms with E-state index in [9.17, 15) is 19.5 Å². The molecule has 26 heavy (non-hydrogen) atoms. The van der Waals surface area contributed by atoms with Gasteiger partial charge in [0.15, 0.2) is 0 Å². The topological polar surface area (TPSA) is 95.5 Å². The van der Waals surface area contributed by atoms with Crippen LogP contribution in [0.15, 0.2) is 36.4 Å². The van der Waals surface area contributed by atoms with Crippen LogP contribution in [0.4, 0.5) is 5.69 Å². The molecule has 0 spiro atoms. The molecule has 6 heteroatoms. The van der Waals surface area contributed by atoms with Gasteiger partial charge in [-0.15, -0.1) is 0 Å². The van der Waals surface area contributed by atoms with Gasteiger partial charge in [-0.1, -0.05) is 18.2 Å². The van der Waals surface area contributed by atoms with Gasteiger partial charge in [-0.3, -0.25) is 14.4 Å². The quantitative estimate of drug-likeness (QED) is 0.723. The van der Waals surface area contributed by atoms with Crippen molar-refractivity contribution in [3.05, 3.63) is 42.0 Å². The maximum absolute atomic E-state index is 12.7. The van der Waals surface area contributed by atoms with E-state index in [0.29, 0.717) is 17.7 Å². The number of allylic oxidation sites excluding steroid dienone is 2. The van der Waals surface area contributed by atoms with Gasteiger partial charge in [-0.05, 0) is 57.2 Å². The molecule has 3 N–H and O–H groups in total. The molecule has 2 aliphatic carbocycles. The number of rotatable bonds is 4. The molecule has 2 bridgehead atoms. The van der Waals surface area contributed by atoms with Gasteiger partial charge < -0.3 is 15.7 Å². The Morgan fingerprint density at radius 3 is 2.35 bits per heavy atom. The van der Waals surface area contributed by atoms with Crippen molar-refractivity contribution in [1.29, 1.82) is 0 Å². The van der Waals surface area contributed by atoms with Crippen molar-refractivity contribution in [3.63, 3.8) is 0 Å². The van der Waals surface area contributed by atoms with Gasteiger partial charge in [0.1, 0.15) is 0 Å². The van der Waals surface area contributed by atoms with Crippen LogP contribution in [-0.2, 0) is 9.59 Å². The summed E-state index contributed by atoms with van der Waals surface area (Å²) >= 11 is 0. The molecule has 0 heterocycles. The van der Waals surface area contributed by atoms with E-state index in [0.717, 1.165) is 0 Å². The van der Waals surface area contributed by atoms with Crippen molar-refractivity contribution in [2.45, 2.75) is 32.7 Å². The number of fused-ring (bicyclic) bond motifs is 2. The molecular formula is C20H24N2O4. The highest BCUT2D eigenvalue weighted by Gasteiger charge is 2.51. The van der Waals surface area contributed by atoms with Gasteiger partial charge in [-0.25, -0.2) is 0 Å². The summed E-state index contributed by atoms with van der Waals surface area (Å²) in [5.41, 5.74) is 0.577. The molecule has 1 fully saturated rings. The first-order chi connectivity index (χ1) is 12.2. The maximum Gasteiger partial charge on any atom is 0.307 e. The fourth-order valence-corrected chi connectivity index (χ4v) is 3.89. The summed E-state index contributed by atoms with van der Waals surface area (Å²) in [5.74, 6) is -2.82. The molecule has 138 valence electrons. The third-order valence-electron chi connectivity index (χ3n) is 4.93. The molecule has 2 amide bonds. The Balaban J connectivity index is 1.74. The standard InChI is InChI=1S/C20H24N2O4/c1-20(2,3)22-17(23)13-5-4-6-14(10-13)21-18(24)15-11-7-8-12(9-11)16(15)19(25)26/h4-8,10-12,15-16H,9H2,1-3H3,(H,21,24)(H,22,23)(H,25,26)/t11-,12-,15+,16-/m0/s1. The number of carbonyl (C=O) groups excluding carboxylic acids is 2. The van der Waals surface area contributed by atoms with Crippen molar-refractivity contribution in [2.24, 2.45) is 23.7 Å². The van der Waals surface area contributed by atoms with Gasteiger partial charge in [0.25, 0.3) is 5.91 Å². The van der Waals surface area contributed by atoms with E-state index >= 15 is 0 Å². The van der Waals surface area contributed by atoms with E-state index in [1.165, 1.54) is 0 Å². The molecule has 0 radical (unpaired) electrons. The lowest BCUT2D eigenvalue weighted by atomic mass is 9.82. The SMILES string of the molecule is CC(C)(C)NC(=O)c1cccc(NC(=O)[C@H]2[C@@H](C(=O)O)[C@H]3C=C[C@H]2C3)c1. The van der Waals surface area contributed by atoms with E-state index in [-0.39, 0.29) is 29.2 Å². The highest BCUT2D eigenvalue weighted by atomic mass is 16.4. The van der Waals surface area contributed by atoms with E-state index in [2.05, 4.69) is 10.6 Å². The van der Waals surface area contributed by atoms with E-state index in [1.807, 2.05) is 32.9 Å². The molecule has 0 aromatic heterocycles. The minimum atomic E-state index is -0.930. The number of amides is 2. The van der Waals surface area contributed by atoms with Crippen LogP contribution >= 0.6 is 0 Å². The van der Waals surface area contributed by atoms with Crippen LogP contribution in [-0.4, -0.2) is 28.4 Å². The molecule has 4 atom stereocenters. The number of anilines is 1. The number of carbonyl (C=O) groups is 3. The molecule has 1 aromatic carbocycles. The minimum Gasteiger partial charge on any atom is -0.481 e. The summed E-state index contributed by atoms with van der Waals surface area (Å²) in [6, 6.07) is 6.68.